The third kappa shape index (κ3) is 5.22. The molecule has 0 aromatic heterocycles. The molecule has 4 nitrogen and oxygen atoms in total. The quantitative estimate of drug-likeness (QED) is 0.804. The number of nitrogens with one attached hydrogen (secondary N) is 1. The van der Waals surface area contributed by atoms with Crippen molar-refractivity contribution in [2.24, 2.45) is 0 Å². The summed E-state index contributed by atoms with van der Waals surface area (Å²) in [6, 6.07) is 15.7. The Bertz CT molecular complexity index is 620. The maximum absolute atomic E-state index is 12.0. The van der Waals surface area contributed by atoms with Gasteiger partial charge in [-0.1, -0.05) is 36.4 Å². The van der Waals surface area contributed by atoms with Crippen LogP contribution in [0.2, 0.25) is 0 Å². The topological polar surface area (TPSA) is 58.4 Å². The van der Waals surface area contributed by atoms with Crippen molar-refractivity contribution in [3.63, 3.8) is 0 Å². The molecule has 2 rings (SSSR count). The van der Waals surface area contributed by atoms with Crippen LogP contribution in [-0.4, -0.2) is 24.9 Å². The van der Waals surface area contributed by atoms with E-state index in [2.05, 4.69) is 22.3 Å². The van der Waals surface area contributed by atoms with Gasteiger partial charge in [0.1, 0.15) is 0 Å². The predicted octanol–water partition coefficient (Wildman–Crippen LogP) is 2.19. The molecule has 0 aliphatic rings. The first-order chi connectivity index (χ1) is 10.5. The number of nitrogens with two attached hydrogens (primary N) is 1. The van der Waals surface area contributed by atoms with Gasteiger partial charge in [0.2, 0.25) is 5.91 Å². The molecule has 0 saturated carbocycles. The lowest BCUT2D eigenvalue weighted by Gasteiger charge is -2.11. The van der Waals surface area contributed by atoms with Crippen LogP contribution in [0.3, 0.4) is 0 Å². The van der Waals surface area contributed by atoms with E-state index in [1.165, 1.54) is 5.56 Å². The van der Waals surface area contributed by atoms with Crippen LogP contribution in [0.4, 0.5) is 5.69 Å². The van der Waals surface area contributed by atoms with E-state index in [0.29, 0.717) is 18.7 Å². The molecule has 4 heteroatoms. The number of carbonyl (C=O) groups excluding carboxylic acids is 1. The van der Waals surface area contributed by atoms with Crippen LogP contribution in [0, 0.1) is 0 Å². The number of nitrogens with zero attached hydrogens (tertiary/aromatic N) is 1. The minimum atomic E-state index is 0.0165. The Morgan fingerprint density at radius 3 is 2.41 bits per heavy atom. The number of anilines is 1. The molecule has 0 radical (unpaired) electrons. The molecule has 0 aliphatic heterocycles. The molecule has 2 aromatic rings. The zero-order chi connectivity index (χ0) is 15.9. The van der Waals surface area contributed by atoms with Crippen LogP contribution in [0.5, 0.6) is 0 Å². The van der Waals surface area contributed by atoms with Gasteiger partial charge >= 0.3 is 0 Å². The number of carbonyl (C=O) groups is 1. The highest BCUT2D eigenvalue weighted by Crippen LogP contribution is 2.08. The molecule has 3 N–H and O–H groups in total. The second-order valence-corrected chi connectivity index (χ2v) is 5.75. The van der Waals surface area contributed by atoms with Gasteiger partial charge < -0.3 is 16.0 Å². The number of hydrogen-bond acceptors (Lipinski definition) is 3. The molecule has 0 bridgehead atoms. The fourth-order valence-corrected chi connectivity index (χ4v) is 2.29. The monoisotopic (exact) mass is 297 g/mol. The SMILES string of the molecule is CN(C)Cc1cccc(CNC(=O)Cc2ccc(N)cc2)c1. The van der Waals surface area contributed by atoms with E-state index in [0.717, 1.165) is 17.7 Å². The average molecular weight is 297 g/mol. The summed E-state index contributed by atoms with van der Waals surface area (Å²) in [5.41, 5.74) is 9.67. The zero-order valence-corrected chi connectivity index (χ0v) is 13.2. The molecule has 0 spiro atoms. The number of amides is 1. The number of hydrogen-bond donors (Lipinski definition) is 2. The van der Waals surface area contributed by atoms with Crippen LogP contribution in [-0.2, 0) is 24.3 Å². The number of nitrogen functional groups attached to an aromatic ring is 1. The smallest absolute Gasteiger partial charge is 0.224 e. The summed E-state index contributed by atoms with van der Waals surface area (Å²) in [6.07, 6.45) is 0.373. The van der Waals surface area contributed by atoms with Gasteiger partial charge in [-0.25, -0.2) is 0 Å². The van der Waals surface area contributed by atoms with Crippen LogP contribution in [0.25, 0.3) is 0 Å². The van der Waals surface area contributed by atoms with E-state index in [9.17, 15) is 4.79 Å². The molecule has 116 valence electrons. The van der Waals surface area contributed by atoms with Gasteiger partial charge in [0.05, 0.1) is 6.42 Å². The van der Waals surface area contributed by atoms with Crippen molar-refractivity contribution in [1.29, 1.82) is 0 Å². The average Bonchev–Trinajstić information content (AvgIpc) is 2.47. The normalized spacial score (nSPS) is 10.7. The van der Waals surface area contributed by atoms with Crippen molar-refractivity contribution >= 4 is 11.6 Å². The highest BCUT2D eigenvalue weighted by atomic mass is 16.1. The van der Waals surface area contributed by atoms with Crippen LogP contribution in [0.1, 0.15) is 16.7 Å². The molecular weight excluding hydrogens is 274 g/mol. The molecule has 0 saturated heterocycles. The summed E-state index contributed by atoms with van der Waals surface area (Å²) in [5, 5.41) is 2.96. The van der Waals surface area contributed by atoms with E-state index in [4.69, 9.17) is 5.73 Å². The Morgan fingerprint density at radius 2 is 1.73 bits per heavy atom. The van der Waals surface area contributed by atoms with E-state index in [1.807, 2.05) is 50.5 Å². The van der Waals surface area contributed by atoms with Gasteiger partial charge in [0.15, 0.2) is 0 Å². The molecule has 0 aliphatic carbocycles. The second-order valence-electron chi connectivity index (χ2n) is 5.75. The first-order valence-corrected chi connectivity index (χ1v) is 7.36. The van der Waals surface area contributed by atoms with Gasteiger partial charge in [-0.15, -0.1) is 0 Å². The highest BCUT2D eigenvalue weighted by molar-refractivity contribution is 5.78. The van der Waals surface area contributed by atoms with Crippen molar-refractivity contribution < 1.29 is 4.79 Å². The second kappa shape index (κ2) is 7.61. The molecule has 1 amide bonds. The fourth-order valence-electron chi connectivity index (χ4n) is 2.29. The molecule has 0 heterocycles. The predicted molar refractivity (Wildman–Crippen MR) is 90.2 cm³/mol. The molecule has 22 heavy (non-hydrogen) atoms. The first-order valence-electron chi connectivity index (χ1n) is 7.36. The van der Waals surface area contributed by atoms with E-state index in [1.54, 1.807) is 0 Å². The lowest BCUT2D eigenvalue weighted by Crippen LogP contribution is -2.24. The highest BCUT2D eigenvalue weighted by Gasteiger charge is 2.04. The minimum absolute atomic E-state index is 0.0165. The summed E-state index contributed by atoms with van der Waals surface area (Å²) in [6.45, 7) is 1.45. The lowest BCUT2D eigenvalue weighted by atomic mass is 10.1. The van der Waals surface area contributed by atoms with Crippen LogP contribution < -0.4 is 11.1 Å². The van der Waals surface area contributed by atoms with Crippen LogP contribution in [0.15, 0.2) is 48.5 Å². The Hall–Kier alpha value is -2.33. The van der Waals surface area contributed by atoms with Crippen molar-refractivity contribution in [3.8, 4) is 0 Å². The van der Waals surface area contributed by atoms with E-state index >= 15 is 0 Å². The summed E-state index contributed by atoms with van der Waals surface area (Å²) in [4.78, 5) is 14.1. The van der Waals surface area contributed by atoms with Crippen molar-refractivity contribution in [3.05, 3.63) is 65.2 Å². The fraction of sp³-hybridized carbons (Fsp3) is 0.278. The van der Waals surface area contributed by atoms with Gasteiger partial charge in [0, 0.05) is 18.8 Å². The Morgan fingerprint density at radius 1 is 1.05 bits per heavy atom. The van der Waals surface area contributed by atoms with Gasteiger partial charge in [-0.05, 0) is 42.9 Å². The van der Waals surface area contributed by atoms with Gasteiger partial charge in [0.25, 0.3) is 0 Å². The van der Waals surface area contributed by atoms with Crippen molar-refractivity contribution in [1.82, 2.24) is 10.2 Å². The molecule has 0 atom stereocenters. The molecule has 2 aromatic carbocycles. The third-order valence-electron chi connectivity index (χ3n) is 3.32. The van der Waals surface area contributed by atoms with Gasteiger partial charge in [-0.3, -0.25) is 4.79 Å². The summed E-state index contributed by atoms with van der Waals surface area (Å²) >= 11 is 0. The Balaban J connectivity index is 1.86. The summed E-state index contributed by atoms with van der Waals surface area (Å²) in [5.74, 6) is 0.0165. The first kappa shape index (κ1) is 16.0. The lowest BCUT2D eigenvalue weighted by molar-refractivity contribution is -0.120. The van der Waals surface area contributed by atoms with Crippen LogP contribution >= 0.6 is 0 Å². The number of rotatable bonds is 6. The van der Waals surface area contributed by atoms with Gasteiger partial charge in [-0.2, -0.15) is 0 Å². The number of benzene rings is 2. The largest absolute Gasteiger partial charge is 0.399 e. The maximum Gasteiger partial charge on any atom is 0.224 e. The third-order valence-corrected chi connectivity index (χ3v) is 3.32. The van der Waals surface area contributed by atoms with E-state index in [-0.39, 0.29) is 5.91 Å². The Kier molecular flexibility index (Phi) is 5.55. The van der Waals surface area contributed by atoms with Crippen molar-refractivity contribution in [2.75, 3.05) is 19.8 Å². The summed E-state index contributed by atoms with van der Waals surface area (Å²) < 4.78 is 0. The standard InChI is InChI=1S/C18H23N3O/c1-21(2)13-16-5-3-4-15(10-16)12-20-18(22)11-14-6-8-17(19)9-7-14/h3-10H,11-13,19H2,1-2H3,(H,20,22). The molecule has 0 unspecified atom stereocenters. The molecular formula is C18H23N3O. The Labute approximate surface area is 131 Å². The molecule has 0 fully saturated rings. The maximum atomic E-state index is 12.0. The van der Waals surface area contributed by atoms with Crippen molar-refractivity contribution in [2.45, 2.75) is 19.5 Å². The minimum Gasteiger partial charge on any atom is -0.399 e. The zero-order valence-electron chi connectivity index (χ0n) is 13.2. The van der Waals surface area contributed by atoms with E-state index < -0.39 is 0 Å². The summed E-state index contributed by atoms with van der Waals surface area (Å²) in [7, 11) is 4.09.